The van der Waals surface area contributed by atoms with Crippen LogP contribution in [0.25, 0.3) is 0 Å². The number of alkyl carbamates (subject to hydrolysis) is 1. The van der Waals surface area contributed by atoms with E-state index in [9.17, 15) is 20.0 Å². The third kappa shape index (κ3) is 6.13. The summed E-state index contributed by atoms with van der Waals surface area (Å²) >= 11 is 0. The predicted molar refractivity (Wildman–Crippen MR) is 80.5 cm³/mol. The molecule has 0 unspecified atom stereocenters. The van der Waals surface area contributed by atoms with E-state index in [-0.39, 0.29) is 23.5 Å². The number of amides is 1. The van der Waals surface area contributed by atoms with Gasteiger partial charge in [0, 0.05) is 25.1 Å². The van der Waals surface area contributed by atoms with E-state index in [1.54, 1.807) is 20.8 Å². The third-order valence-corrected chi connectivity index (χ3v) is 2.33. The van der Waals surface area contributed by atoms with Gasteiger partial charge >= 0.3 is 6.09 Å². The highest BCUT2D eigenvalue weighted by molar-refractivity contribution is 5.67. The molecule has 0 fully saturated rings. The van der Waals surface area contributed by atoms with Crippen LogP contribution in [0.1, 0.15) is 32.8 Å². The number of nitro groups is 1. The van der Waals surface area contributed by atoms with E-state index < -0.39 is 16.6 Å². The molecule has 0 aliphatic rings. The molecule has 1 rings (SSSR count). The maximum Gasteiger partial charge on any atom is 0.407 e. The largest absolute Gasteiger partial charge is 0.507 e. The third-order valence-electron chi connectivity index (χ3n) is 2.33. The minimum atomic E-state index is -0.565. The van der Waals surface area contributed by atoms with Gasteiger partial charge in [-0.25, -0.2) is 4.79 Å². The standard InChI is InChI=1S/C15H18N2O5/c1-15(2,3)22-14(19)16-9-5-4-6-11-10-12(17(20)21)7-8-13(11)18/h7-8,10,18H,5,9H2,1-3H3,(H,16,19). The second-order valence-corrected chi connectivity index (χ2v) is 5.44. The zero-order valence-electron chi connectivity index (χ0n) is 12.7. The first-order valence-electron chi connectivity index (χ1n) is 6.62. The summed E-state index contributed by atoms with van der Waals surface area (Å²) in [7, 11) is 0. The molecule has 0 bridgehead atoms. The summed E-state index contributed by atoms with van der Waals surface area (Å²) in [4.78, 5) is 21.5. The van der Waals surface area contributed by atoms with Crippen LogP contribution in [0.15, 0.2) is 18.2 Å². The highest BCUT2D eigenvalue weighted by Crippen LogP contribution is 2.21. The van der Waals surface area contributed by atoms with Gasteiger partial charge in [0.2, 0.25) is 0 Å². The number of hydrogen-bond donors (Lipinski definition) is 2. The lowest BCUT2D eigenvalue weighted by molar-refractivity contribution is -0.384. The van der Waals surface area contributed by atoms with Crippen LogP contribution in [0.5, 0.6) is 5.75 Å². The smallest absolute Gasteiger partial charge is 0.407 e. The van der Waals surface area contributed by atoms with Crippen LogP contribution in [0, 0.1) is 22.0 Å². The predicted octanol–water partition coefficient (Wildman–Crippen LogP) is 2.57. The summed E-state index contributed by atoms with van der Waals surface area (Å²) in [5.41, 5.74) is -0.537. The van der Waals surface area contributed by atoms with Gasteiger partial charge in [-0.1, -0.05) is 11.8 Å². The van der Waals surface area contributed by atoms with E-state index in [1.165, 1.54) is 18.2 Å². The molecule has 0 atom stereocenters. The molecule has 0 radical (unpaired) electrons. The van der Waals surface area contributed by atoms with Crippen LogP contribution < -0.4 is 5.32 Å². The van der Waals surface area contributed by atoms with E-state index in [0.717, 1.165) is 0 Å². The Bertz CT molecular complexity index is 623. The monoisotopic (exact) mass is 306 g/mol. The molecule has 0 aromatic heterocycles. The molecule has 0 spiro atoms. The van der Waals surface area contributed by atoms with Crippen LogP contribution in [-0.2, 0) is 4.74 Å². The summed E-state index contributed by atoms with van der Waals surface area (Å²) in [6.45, 7) is 5.56. The van der Waals surface area contributed by atoms with Gasteiger partial charge in [0.25, 0.3) is 5.69 Å². The highest BCUT2D eigenvalue weighted by Gasteiger charge is 2.15. The molecule has 0 saturated carbocycles. The van der Waals surface area contributed by atoms with Crippen molar-refractivity contribution in [3.05, 3.63) is 33.9 Å². The number of carbonyl (C=O) groups excluding carboxylic acids is 1. The van der Waals surface area contributed by atoms with Crippen molar-refractivity contribution in [2.24, 2.45) is 0 Å². The highest BCUT2D eigenvalue weighted by atomic mass is 16.6. The maximum atomic E-state index is 11.4. The van der Waals surface area contributed by atoms with E-state index in [0.29, 0.717) is 6.42 Å². The fourth-order valence-electron chi connectivity index (χ4n) is 1.44. The van der Waals surface area contributed by atoms with Crippen molar-refractivity contribution in [1.82, 2.24) is 5.32 Å². The normalized spacial score (nSPS) is 10.3. The molecule has 2 N–H and O–H groups in total. The topological polar surface area (TPSA) is 102 Å². The number of hydrogen-bond acceptors (Lipinski definition) is 5. The average Bonchev–Trinajstić information content (AvgIpc) is 2.37. The second-order valence-electron chi connectivity index (χ2n) is 5.44. The minimum absolute atomic E-state index is 0.127. The SMILES string of the molecule is CC(C)(C)OC(=O)NCCC#Cc1cc([N+](=O)[O-])ccc1O. The van der Waals surface area contributed by atoms with Gasteiger partial charge in [-0.05, 0) is 26.8 Å². The lowest BCUT2D eigenvalue weighted by Crippen LogP contribution is -2.32. The van der Waals surface area contributed by atoms with Crippen molar-refractivity contribution in [2.75, 3.05) is 6.54 Å². The Morgan fingerprint density at radius 2 is 2.14 bits per heavy atom. The number of nitrogens with zero attached hydrogens (tertiary/aromatic N) is 1. The molecule has 0 saturated heterocycles. The van der Waals surface area contributed by atoms with Gasteiger partial charge in [-0.15, -0.1) is 0 Å². The van der Waals surface area contributed by atoms with E-state index in [1.807, 2.05) is 0 Å². The zero-order chi connectivity index (χ0) is 16.8. The molecule has 22 heavy (non-hydrogen) atoms. The quantitative estimate of drug-likeness (QED) is 0.387. The molecule has 1 aromatic carbocycles. The van der Waals surface area contributed by atoms with Crippen LogP contribution >= 0.6 is 0 Å². The summed E-state index contributed by atoms with van der Waals surface area (Å²) in [5.74, 6) is 5.23. The van der Waals surface area contributed by atoms with E-state index >= 15 is 0 Å². The van der Waals surface area contributed by atoms with Crippen molar-refractivity contribution >= 4 is 11.8 Å². The second kappa shape index (κ2) is 7.31. The van der Waals surface area contributed by atoms with Crippen LogP contribution in [0.4, 0.5) is 10.5 Å². The molecule has 1 amide bonds. The molecule has 118 valence electrons. The van der Waals surface area contributed by atoms with Gasteiger partial charge in [0.1, 0.15) is 11.4 Å². The van der Waals surface area contributed by atoms with Crippen LogP contribution in [0.2, 0.25) is 0 Å². The van der Waals surface area contributed by atoms with E-state index in [2.05, 4.69) is 17.2 Å². The number of non-ortho nitro benzene ring substituents is 1. The molecule has 7 nitrogen and oxygen atoms in total. The Hall–Kier alpha value is -2.75. The fraction of sp³-hybridized carbons (Fsp3) is 0.400. The lowest BCUT2D eigenvalue weighted by Gasteiger charge is -2.19. The molecule has 0 aliphatic heterocycles. The van der Waals surface area contributed by atoms with Crippen LogP contribution in [0.3, 0.4) is 0 Å². The molecule has 7 heteroatoms. The van der Waals surface area contributed by atoms with Gasteiger partial charge in [-0.3, -0.25) is 10.1 Å². The molecule has 0 aliphatic carbocycles. The number of nitrogens with one attached hydrogen (secondary N) is 1. The lowest BCUT2D eigenvalue weighted by atomic mass is 10.2. The van der Waals surface area contributed by atoms with Crippen molar-refractivity contribution < 1.29 is 19.6 Å². The number of phenolic OH excluding ortho intramolecular Hbond substituents is 1. The van der Waals surface area contributed by atoms with E-state index in [4.69, 9.17) is 4.74 Å². The Labute approximate surface area is 128 Å². The Balaban J connectivity index is 2.53. The molecule has 1 aromatic rings. The summed E-state index contributed by atoms with van der Waals surface area (Å²) in [6, 6.07) is 3.62. The first-order chi connectivity index (χ1) is 10.2. The maximum absolute atomic E-state index is 11.4. The summed E-state index contributed by atoms with van der Waals surface area (Å²) in [5, 5.41) is 22.8. The van der Waals surface area contributed by atoms with Gasteiger partial charge in [0.15, 0.2) is 0 Å². The van der Waals surface area contributed by atoms with Crippen molar-refractivity contribution in [3.63, 3.8) is 0 Å². The molecule has 0 heterocycles. The first-order valence-corrected chi connectivity index (χ1v) is 6.62. The number of aromatic hydroxyl groups is 1. The van der Waals surface area contributed by atoms with Crippen molar-refractivity contribution in [1.29, 1.82) is 0 Å². The van der Waals surface area contributed by atoms with Crippen molar-refractivity contribution in [2.45, 2.75) is 32.8 Å². The fourth-order valence-corrected chi connectivity index (χ4v) is 1.44. The molecular weight excluding hydrogens is 288 g/mol. The number of phenols is 1. The number of benzene rings is 1. The summed E-state index contributed by atoms with van der Waals surface area (Å²) < 4.78 is 5.05. The van der Waals surface area contributed by atoms with Crippen molar-refractivity contribution in [3.8, 4) is 17.6 Å². The number of carbonyl (C=O) groups is 1. The minimum Gasteiger partial charge on any atom is -0.507 e. The average molecular weight is 306 g/mol. The zero-order valence-corrected chi connectivity index (χ0v) is 12.7. The van der Waals surface area contributed by atoms with Gasteiger partial charge < -0.3 is 15.2 Å². The summed E-state index contributed by atoms with van der Waals surface area (Å²) in [6.07, 6.45) is -0.214. The number of rotatable bonds is 3. The molecular formula is C15H18N2O5. The number of nitro benzene ring substituents is 1. The first kappa shape index (κ1) is 17.3. The van der Waals surface area contributed by atoms with Gasteiger partial charge in [-0.2, -0.15) is 0 Å². The van der Waals surface area contributed by atoms with Crippen LogP contribution in [-0.4, -0.2) is 28.3 Å². The Morgan fingerprint density at radius 3 is 2.73 bits per heavy atom. The van der Waals surface area contributed by atoms with Gasteiger partial charge in [0.05, 0.1) is 10.5 Å². The Morgan fingerprint density at radius 1 is 1.45 bits per heavy atom. The number of ether oxygens (including phenoxy) is 1. The Kier molecular flexibility index (Phi) is 5.75.